The van der Waals surface area contributed by atoms with Crippen molar-refractivity contribution in [2.24, 2.45) is 0 Å². The fraction of sp³-hybridized carbons (Fsp3) is 0.267. The summed E-state index contributed by atoms with van der Waals surface area (Å²) >= 11 is 5.80. The molecule has 1 aromatic heterocycles. The molecular formula is C15H15ClFN3. The molecule has 0 saturated carbocycles. The van der Waals surface area contributed by atoms with Gasteiger partial charge in [-0.1, -0.05) is 30.5 Å². The van der Waals surface area contributed by atoms with Crippen LogP contribution in [-0.4, -0.2) is 9.55 Å². The number of imidazole rings is 1. The first-order valence-electron chi connectivity index (χ1n) is 6.32. The van der Waals surface area contributed by atoms with Gasteiger partial charge in [0.1, 0.15) is 17.3 Å². The fourth-order valence-electron chi connectivity index (χ4n) is 2.08. The minimum atomic E-state index is -0.519. The number of halogens is 2. The van der Waals surface area contributed by atoms with Crippen LogP contribution in [0.5, 0.6) is 0 Å². The second kappa shape index (κ2) is 5.98. The van der Waals surface area contributed by atoms with Crippen LogP contribution in [0.3, 0.4) is 0 Å². The van der Waals surface area contributed by atoms with Crippen LogP contribution in [0.15, 0.2) is 18.2 Å². The van der Waals surface area contributed by atoms with E-state index >= 15 is 0 Å². The van der Waals surface area contributed by atoms with E-state index in [0.29, 0.717) is 23.6 Å². The van der Waals surface area contributed by atoms with Gasteiger partial charge in [-0.15, -0.1) is 6.42 Å². The molecule has 0 bridgehead atoms. The van der Waals surface area contributed by atoms with Crippen molar-refractivity contribution in [1.82, 2.24) is 9.55 Å². The predicted molar refractivity (Wildman–Crippen MR) is 79.9 cm³/mol. The molecule has 3 nitrogen and oxygen atoms in total. The second-order valence-electron chi connectivity index (χ2n) is 4.40. The quantitative estimate of drug-likeness (QED) is 0.876. The summed E-state index contributed by atoms with van der Waals surface area (Å²) in [6.07, 6.45) is 6.98. The van der Waals surface area contributed by atoms with E-state index in [-0.39, 0.29) is 5.02 Å². The highest BCUT2D eigenvalue weighted by Gasteiger charge is 2.19. The lowest BCUT2D eigenvalue weighted by Gasteiger charge is -2.05. The van der Waals surface area contributed by atoms with Crippen LogP contribution in [0, 0.1) is 18.2 Å². The standard InChI is InChI=1S/C15H15ClFN3/c1-3-6-12-19-14(15(18)20(12)9-4-2)10-7-5-8-11(16)13(10)17/h2,5,7-8H,3,6,9,18H2,1H3. The summed E-state index contributed by atoms with van der Waals surface area (Å²) in [6, 6.07) is 4.76. The van der Waals surface area contributed by atoms with Gasteiger partial charge in [-0.25, -0.2) is 9.37 Å². The van der Waals surface area contributed by atoms with Gasteiger partial charge < -0.3 is 10.3 Å². The maximum atomic E-state index is 14.1. The SMILES string of the molecule is C#CCn1c(CCC)nc(-c2cccc(Cl)c2F)c1N. The molecule has 20 heavy (non-hydrogen) atoms. The maximum Gasteiger partial charge on any atom is 0.151 e. The molecule has 1 aromatic carbocycles. The van der Waals surface area contributed by atoms with Gasteiger partial charge >= 0.3 is 0 Å². The molecule has 0 aliphatic rings. The van der Waals surface area contributed by atoms with E-state index in [9.17, 15) is 4.39 Å². The molecule has 0 saturated heterocycles. The summed E-state index contributed by atoms with van der Waals surface area (Å²) in [7, 11) is 0. The third-order valence-electron chi connectivity index (χ3n) is 3.02. The number of aryl methyl sites for hydroxylation is 1. The van der Waals surface area contributed by atoms with E-state index in [4.69, 9.17) is 23.8 Å². The Bertz CT molecular complexity index is 670. The predicted octanol–water partition coefficient (Wildman–Crippen LogP) is 3.51. The van der Waals surface area contributed by atoms with Crippen molar-refractivity contribution < 1.29 is 4.39 Å². The first-order chi connectivity index (χ1) is 9.60. The van der Waals surface area contributed by atoms with Gasteiger partial charge in [-0.05, 0) is 18.6 Å². The van der Waals surface area contributed by atoms with Crippen molar-refractivity contribution >= 4 is 17.4 Å². The van der Waals surface area contributed by atoms with Crippen molar-refractivity contribution in [3.05, 3.63) is 34.9 Å². The highest BCUT2D eigenvalue weighted by molar-refractivity contribution is 6.31. The van der Waals surface area contributed by atoms with E-state index in [1.165, 1.54) is 6.07 Å². The third kappa shape index (κ3) is 2.50. The van der Waals surface area contributed by atoms with E-state index in [2.05, 4.69) is 10.9 Å². The number of nitrogens with zero attached hydrogens (tertiary/aromatic N) is 2. The van der Waals surface area contributed by atoms with E-state index in [1.807, 2.05) is 6.92 Å². The smallest absolute Gasteiger partial charge is 0.151 e. The van der Waals surface area contributed by atoms with Crippen LogP contribution in [-0.2, 0) is 13.0 Å². The van der Waals surface area contributed by atoms with Gasteiger partial charge in [-0.3, -0.25) is 0 Å². The largest absolute Gasteiger partial charge is 0.383 e. The molecule has 0 aliphatic heterocycles. The number of benzene rings is 1. The van der Waals surface area contributed by atoms with Crippen molar-refractivity contribution in [2.45, 2.75) is 26.3 Å². The zero-order chi connectivity index (χ0) is 14.7. The second-order valence-corrected chi connectivity index (χ2v) is 4.81. The van der Waals surface area contributed by atoms with Crippen molar-refractivity contribution in [3.63, 3.8) is 0 Å². The Hall–Kier alpha value is -1.99. The lowest BCUT2D eigenvalue weighted by atomic mass is 10.1. The van der Waals surface area contributed by atoms with Gasteiger partial charge in [-0.2, -0.15) is 0 Å². The Kier molecular flexibility index (Phi) is 4.31. The van der Waals surface area contributed by atoms with E-state index in [0.717, 1.165) is 18.7 Å². The normalized spacial score (nSPS) is 10.5. The van der Waals surface area contributed by atoms with Crippen LogP contribution in [0.2, 0.25) is 5.02 Å². The molecule has 0 fully saturated rings. The van der Waals surface area contributed by atoms with Crippen LogP contribution in [0.4, 0.5) is 10.2 Å². The highest BCUT2D eigenvalue weighted by Crippen LogP contribution is 2.31. The molecule has 2 N–H and O–H groups in total. The lowest BCUT2D eigenvalue weighted by molar-refractivity contribution is 0.631. The van der Waals surface area contributed by atoms with Crippen LogP contribution in [0.25, 0.3) is 11.3 Å². The van der Waals surface area contributed by atoms with Crippen LogP contribution < -0.4 is 5.73 Å². The summed E-state index contributed by atoms with van der Waals surface area (Å²) < 4.78 is 15.8. The first kappa shape index (κ1) is 14.4. The number of hydrogen-bond donors (Lipinski definition) is 1. The number of anilines is 1. The molecule has 5 heteroatoms. The van der Waals surface area contributed by atoms with Crippen LogP contribution >= 0.6 is 11.6 Å². The number of terminal acetylenes is 1. The Morgan fingerprint density at radius 2 is 2.25 bits per heavy atom. The van der Waals surface area contributed by atoms with Gasteiger partial charge in [0.05, 0.1) is 11.6 Å². The van der Waals surface area contributed by atoms with Gasteiger partial charge in [0.2, 0.25) is 0 Å². The summed E-state index contributed by atoms with van der Waals surface area (Å²) in [5.74, 6) is 3.15. The molecule has 0 spiro atoms. The summed E-state index contributed by atoms with van der Waals surface area (Å²) in [5, 5.41) is 0.0467. The highest BCUT2D eigenvalue weighted by atomic mass is 35.5. The molecule has 0 unspecified atom stereocenters. The molecule has 2 aromatic rings. The average Bonchev–Trinajstić information content (AvgIpc) is 2.72. The topological polar surface area (TPSA) is 43.8 Å². The molecule has 104 valence electrons. The summed E-state index contributed by atoms with van der Waals surface area (Å²) in [6.45, 7) is 2.35. The number of nitrogens with two attached hydrogens (primary N) is 1. The van der Waals surface area contributed by atoms with Gasteiger partial charge in [0.15, 0.2) is 5.82 Å². The molecule has 0 aliphatic carbocycles. The Balaban J connectivity index is 2.60. The number of nitrogen functional groups attached to an aromatic ring is 1. The maximum absolute atomic E-state index is 14.1. The minimum Gasteiger partial charge on any atom is -0.383 e. The van der Waals surface area contributed by atoms with Crippen molar-refractivity contribution in [3.8, 4) is 23.6 Å². The Morgan fingerprint density at radius 1 is 1.50 bits per heavy atom. The van der Waals surface area contributed by atoms with Crippen molar-refractivity contribution in [1.29, 1.82) is 0 Å². The lowest BCUT2D eigenvalue weighted by Crippen LogP contribution is -2.06. The molecule has 0 radical (unpaired) electrons. The average molecular weight is 292 g/mol. The Morgan fingerprint density at radius 3 is 2.90 bits per heavy atom. The van der Waals surface area contributed by atoms with E-state index < -0.39 is 5.82 Å². The number of hydrogen-bond acceptors (Lipinski definition) is 2. The number of rotatable bonds is 4. The minimum absolute atomic E-state index is 0.0467. The molecule has 2 rings (SSSR count). The van der Waals surface area contributed by atoms with Gasteiger partial charge in [0.25, 0.3) is 0 Å². The molecule has 1 heterocycles. The Labute approximate surface area is 122 Å². The third-order valence-corrected chi connectivity index (χ3v) is 3.31. The molecule has 0 atom stereocenters. The summed E-state index contributed by atoms with van der Waals surface area (Å²) in [4.78, 5) is 4.43. The number of aromatic nitrogens is 2. The van der Waals surface area contributed by atoms with Gasteiger partial charge in [0, 0.05) is 12.0 Å². The molecule has 0 amide bonds. The first-order valence-corrected chi connectivity index (χ1v) is 6.70. The summed E-state index contributed by atoms with van der Waals surface area (Å²) in [5.41, 5.74) is 6.75. The van der Waals surface area contributed by atoms with Crippen LogP contribution in [0.1, 0.15) is 19.2 Å². The zero-order valence-corrected chi connectivity index (χ0v) is 11.9. The monoisotopic (exact) mass is 291 g/mol. The van der Waals surface area contributed by atoms with E-state index in [1.54, 1.807) is 16.7 Å². The zero-order valence-electron chi connectivity index (χ0n) is 11.2. The van der Waals surface area contributed by atoms with Crippen molar-refractivity contribution in [2.75, 3.05) is 5.73 Å². The fourth-order valence-corrected chi connectivity index (χ4v) is 2.26. The molecular weight excluding hydrogens is 277 g/mol.